The molecule has 2 N–H and O–H groups in total. The van der Waals surface area contributed by atoms with E-state index in [9.17, 15) is 13.2 Å². The average Bonchev–Trinajstić information content (AvgIpc) is 2.45. The molecule has 9 heteroatoms. The number of hydrogen-bond donors (Lipinski definition) is 2. The standard InChI is InChI=1S/C16H24ClF3N4.HI/c1-4-21-15(22-8-9-24(3)11-16(18,19)20)23-12(2)13-6-5-7-14(17)10-13;/h5-7,10,12H,4,8-9,11H2,1-3H3,(H2,21,22,23);1H. The van der Waals surface area contributed by atoms with E-state index in [2.05, 4.69) is 15.6 Å². The van der Waals surface area contributed by atoms with Gasteiger partial charge < -0.3 is 10.6 Å². The van der Waals surface area contributed by atoms with E-state index < -0.39 is 12.7 Å². The van der Waals surface area contributed by atoms with Gasteiger partial charge in [0.2, 0.25) is 0 Å². The third kappa shape index (κ3) is 10.8. The highest BCUT2D eigenvalue weighted by Gasteiger charge is 2.28. The Morgan fingerprint density at radius 2 is 2.04 bits per heavy atom. The van der Waals surface area contributed by atoms with Crippen LogP contribution in [-0.4, -0.2) is 50.3 Å². The van der Waals surface area contributed by atoms with E-state index in [4.69, 9.17) is 11.6 Å². The molecule has 25 heavy (non-hydrogen) atoms. The highest BCUT2D eigenvalue weighted by atomic mass is 127. The van der Waals surface area contributed by atoms with Crippen LogP contribution in [0.15, 0.2) is 29.3 Å². The smallest absolute Gasteiger partial charge is 0.357 e. The Balaban J connectivity index is 0.00000576. The second-order valence-electron chi connectivity index (χ2n) is 5.53. The summed E-state index contributed by atoms with van der Waals surface area (Å²) in [6.45, 7) is 4.11. The van der Waals surface area contributed by atoms with Crippen LogP contribution in [0.5, 0.6) is 0 Å². The van der Waals surface area contributed by atoms with Crippen LogP contribution in [0.4, 0.5) is 13.2 Å². The van der Waals surface area contributed by atoms with Crippen LogP contribution in [0.25, 0.3) is 0 Å². The summed E-state index contributed by atoms with van der Waals surface area (Å²) in [6.07, 6.45) is -4.19. The van der Waals surface area contributed by atoms with Gasteiger partial charge in [0.05, 0.1) is 19.1 Å². The topological polar surface area (TPSA) is 39.7 Å². The lowest BCUT2D eigenvalue weighted by Crippen LogP contribution is -2.39. The van der Waals surface area contributed by atoms with E-state index in [1.165, 1.54) is 11.9 Å². The number of nitrogens with zero attached hydrogens (tertiary/aromatic N) is 2. The lowest BCUT2D eigenvalue weighted by atomic mass is 10.1. The molecule has 0 spiro atoms. The first-order chi connectivity index (χ1) is 11.2. The molecule has 1 unspecified atom stereocenters. The first-order valence-electron chi connectivity index (χ1n) is 7.77. The van der Waals surface area contributed by atoms with Crippen LogP contribution < -0.4 is 10.6 Å². The zero-order valence-electron chi connectivity index (χ0n) is 14.5. The summed E-state index contributed by atoms with van der Waals surface area (Å²) in [5.74, 6) is 0.561. The number of hydrogen-bond acceptors (Lipinski definition) is 2. The lowest BCUT2D eigenvalue weighted by molar-refractivity contribution is -0.142. The quantitative estimate of drug-likeness (QED) is 0.342. The van der Waals surface area contributed by atoms with Crippen molar-refractivity contribution in [2.24, 2.45) is 4.99 Å². The Hall–Kier alpha value is -0.740. The SMILES string of the molecule is CCNC(=NCCN(C)CC(F)(F)F)NC(C)c1cccc(Cl)c1.I. The van der Waals surface area contributed by atoms with Crippen molar-refractivity contribution in [2.45, 2.75) is 26.1 Å². The molecule has 0 bridgehead atoms. The molecule has 1 aromatic carbocycles. The molecule has 0 aromatic heterocycles. The number of likely N-dealkylation sites (N-methyl/N-ethyl adjacent to an activating group) is 1. The number of guanidine groups is 1. The van der Waals surface area contributed by atoms with Gasteiger partial charge in [0, 0.05) is 18.1 Å². The summed E-state index contributed by atoms with van der Waals surface area (Å²) < 4.78 is 36.9. The predicted molar refractivity (Wildman–Crippen MR) is 108 cm³/mol. The molecule has 0 aliphatic heterocycles. The maximum atomic E-state index is 12.3. The van der Waals surface area contributed by atoms with Gasteiger partial charge in [-0.1, -0.05) is 23.7 Å². The Kier molecular flexibility index (Phi) is 11.4. The zero-order valence-corrected chi connectivity index (χ0v) is 17.6. The fourth-order valence-electron chi connectivity index (χ4n) is 2.10. The molecule has 0 amide bonds. The molecular weight excluding hydrogens is 468 g/mol. The Bertz CT molecular complexity index is 540. The summed E-state index contributed by atoms with van der Waals surface area (Å²) in [6, 6.07) is 7.44. The van der Waals surface area contributed by atoms with Crippen LogP contribution in [0.1, 0.15) is 25.5 Å². The molecule has 0 fully saturated rings. The van der Waals surface area contributed by atoms with Gasteiger partial charge >= 0.3 is 6.18 Å². The number of rotatable bonds is 7. The van der Waals surface area contributed by atoms with Gasteiger partial charge in [-0.25, -0.2) is 0 Å². The normalized spacial score (nSPS) is 13.4. The summed E-state index contributed by atoms with van der Waals surface area (Å²) in [4.78, 5) is 5.53. The lowest BCUT2D eigenvalue weighted by Gasteiger charge is -2.20. The van der Waals surface area contributed by atoms with Crippen molar-refractivity contribution in [2.75, 3.05) is 33.2 Å². The molecule has 1 atom stereocenters. The monoisotopic (exact) mass is 492 g/mol. The summed E-state index contributed by atoms with van der Waals surface area (Å²) in [5, 5.41) is 6.96. The molecule has 0 aliphatic rings. The second-order valence-corrected chi connectivity index (χ2v) is 5.97. The van der Waals surface area contributed by atoms with Gasteiger partial charge in [0.25, 0.3) is 0 Å². The van der Waals surface area contributed by atoms with Crippen LogP contribution in [0.2, 0.25) is 5.02 Å². The van der Waals surface area contributed by atoms with Crippen molar-refractivity contribution in [3.05, 3.63) is 34.9 Å². The second kappa shape index (κ2) is 11.8. The number of alkyl halides is 3. The molecule has 4 nitrogen and oxygen atoms in total. The van der Waals surface area contributed by atoms with E-state index in [1.54, 1.807) is 6.07 Å². The minimum atomic E-state index is -4.19. The summed E-state index contributed by atoms with van der Waals surface area (Å²) in [5.41, 5.74) is 1.00. The largest absolute Gasteiger partial charge is 0.401 e. The number of benzene rings is 1. The maximum absolute atomic E-state index is 12.3. The summed E-state index contributed by atoms with van der Waals surface area (Å²) >= 11 is 5.99. The van der Waals surface area contributed by atoms with Crippen molar-refractivity contribution >= 4 is 41.5 Å². The van der Waals surface area contributed by atoms with Crippen molar-refractivity contribution in [1.82, 2.24) is 15.5 Å². The number of halogens is 5. The van der Waals surface area contributed by atoms with E-state index in [1.807, 2.05) is 32.0 Å². The van der Waals surface area contributed by atoms with E-state index in [-0.39, 0.29) is 43.1 Å². The van der Waals surface area contributed by atoms with Crippen LogP contribution >= 0.6 is 35.6 Å². The van der Waals surface area contributed by atoms with Gasteiger partial charge in [0.1, 0.15) is 0 Å². The van der Waals surface area contributed by atoms with Crippen molar-refractivity contribution in [1.29, 1.82) is 0 Å². The summed E-state index contributed by atoms with van der Waals surface area (Å²) in [7, 11) is 1.43. The van der Waals surface area contributed by atoms with E-state index in [0.717, 1.165) is 5.56 Å². The molecule has 0 radical (unpaired) electrons. The number of nitrogens with one attached hydrogen (secondary N) is 2. The molecule has 0 aliphatic carbocycles. The van der Waals surface area contributed by atoms with Crippen LogP contribution in [0.3, 0.4) is 0 Å². The molecule has 144 valence electrons. The fraction of sp³-hybridized carbons (Fsp3) is 0.562. The van der Waals surface area contributed by atoms with Crippen molar-refractivity contribution < 1.29 is 13.2 Å². The fourth-order valence-corrected chi connectivity index (χ4v) is 2.30. The minimum absolute atomic E-state index is 0. The molecular formula is C16H25ClF3IN4. The molecule has 0 saturated heterocycles. The van der Waals surface area contributed by atoms with E-state index in [0.29, 0.717) is 17.5 Å². The van der Waals surface area contributed by atoms with Crippen molar-refractivity contribution in [3.63, 3.8) is 0 Å². The van der Waals surface area contributed by atoms with E-state index >= 15 is 0 Å². The van der Waals surface area contributed by atoms with Gasteiger partial charge in [-0.15, -0.1) is 24.0 Å². The molecule has 1 aromatic rings. The molecule has 0 saturated carbocycles. The van der Waals surface area contributed by atoms with Gasteiger partial charge in [-0.3, -0.25) is 9.89 Å². The molecule has 0 heterocycles. The van der Waals surface area contributed by atoms with Crippen LogP contribution in [-0.2, 0) is 0 Å². The first-order valence-corrected chi connectivity index (χ1v) is 8.14. The molecule has 1 rings (SSSR count). The zero-order chi connectivity index (χ0) is 18.2. The van der Waals surface area contributed by atoms with Gasteiger partial charge in [0.15, 0.2) is 5.96 Å². The van der Waals surface area contributed by atoms with Gasteiger partial charge in [-0.05, 0) is 38.6 Å². The number of aliphatic imine (C=N–C) groups is 1. The highest BCUT2D eigenvalue weighted by Crippen LogP contribution is 2.17. The first kappa shape index (κ1) is 24.3. The highest BCUT2D eigenvalue weighted by molar-refractivity contribution is 14.0. The average molecular weight is 493 g/mol. The third-order valence-electron chi connectivity index (χ3n) is 3.25. The Morgan fingerprint density at radius 1 is 1.36 bits per heavy atom. The minimum Gasteiger partial charge on any atom is -0.357 e. The maximum Gasteiger partial charge on any atom is 0.401 e. The third-order valence-corrected chi connectivity index (χ3v) is 3.48. The Labute approximate surface area is 169 Å². The Morgan fingerprint density at radius 3 is 2.60 bits per heavy atom. The van der Waals surface area contributed by atoms with Crippen LogP contribution in [0, 0.1) is 0 Å². The predicted octanol–water partition coefficient (Wildman–Crippen LogP) is 4.07. The van der Waals surface area contributed by atoms with Gasteiger partial charge in [-0.2, -0.15) is 13.2 Å². The van der Waals surface area contributed by atoms with Crippen molar-refractivity contribution in [3.8, 4) is 0 Å².